The van der Waals surface area contributed by atoms with Crippen molar-refractivity contribution in [2.45, 2.75) is 272 Å². The molecule has 19 heteroatoms. The molecule has 17 atom stereocenters. The lowest BCUT2D eigenvalue weighted by molar-refractivity contribution is -0.379. The number of aliphatic hydroxyl groups excluding tert-OH is 11. The number of allylic oxidation sites excluding steroid dienone is 13. The van der Waals surface area contributed by atoms with Gasteiger partial charge in [-0.15, -0.1) is 0 Å². The van der Waals surface area contributed by atoms with Crippen molar-refractivity contribution in [1.29, 1.82) is 0 Å². The van der Waals surface area contributed by atoms with Gasteiger partial charge in [-0.05, 0) is 70.6 Å². The van der Waals surface area contributed by atoms with Crippen LogP contribution in [0.4, 0.5) is 0 Å². The number of ether oxygens (including phenoxy) is 6. The summed E-state index contributed by atoms with van der Waals surface area (Å²) in [5.74, 6) is -0.296. The van der Waals surface area contributed by atoms with E-state index >= 15 is 0 Å². The third kappa shape index (κ3) is 28.1. The highest BCUT2D eigenvalue weighted by atomic mass is 16.8. The molecule has 3 aliphatic rings. The van der Waals surface area contributed by atoms with Gasteiger partial charge in [0.25, 0.3) is 0 Å². The zero-order chi connectivity index (χ0) is 59.0. The number of hydrogen-bond donors (Lipinski definition) is 12. The van der Waals surface area contributed by atoms with E-state index in [0.717, 1.165) is 83.5 Å². The Kier molecular flexibility index (Phi) is 39.6. The quantitative estimate of drug-likeness (QED) is 0.0261. The maximum Gasteiger partial charge on any atom is 0.220 e. The Morgan fingerprint density at radius 3 is 1.37 bits per heavy atom. The Hall–Kier alpha value is -3.03. The summed E-state index contributed by atoms with van der Waals surface area (Å²) in [6.45, 7) is 1.44. The summed E-state index contributed by atoms with van der Waals surface area (Å²) in [5, 5.41) is 120. The summed E-state index contributed by atoms with van der Waals surface area (Å²) in [5.41, 5.74) is 0. The average molecular weight is 1150 g/mol. The second kappa shape index (κ2) is 44.4. The van der Waals surface area contributed by atoms with E-state index in [0.29, 0.717) is 12.8 Å². The molecule has 17 unspecified atom stereocenters. The van der Waals surface area contributed by atoms with Gasteiger partial charge >= 0.3 is 0 Å². The standard InChI is InChI=1S/C62H105NO18/c1-3-5-7-9-11-12-13-14-15-16-17-18-19-20-21-22-23-24-25-26-27-28-29-30-31-32-34-36-38-40-50(68)63-45(46(67)39-37-35-33-10-8-6-4-2)44-76-60-56(74)53(71)58(48(42-65)78-60)81-62-57(75)54(72)59(49(43-66)79-62)80-61-55(73)52(70)51(69)47(41-64)77-61/h5,7-8,10-12,14-15,17-18,20-21,37,39,45-49,51-62,64-67,69-75H,3-4,6,9,13,16,19,22-36,38,40-44H2,1-2H3,(H,63,68)/b7-5-,10-8+,12-11-,15-14-,18-17-,21-20-,39-37+. The van der Waals surface area contributed by atoms with E-state index in [1.165, 1.54) is 51.4 Å². The van der Waals surface area contributed by atoms with Crippen LogP contribution in [0, 0.1) is 0 Å². The highest BCUT2D eigenvalue weighted by Crippen LogP contribution is 2.33. The fraction of sp³-hybridized carbons (Fsp3) is 0.758. The van der Waals surface area contributed by atoms with Gasteiger partial charge in [-0.2, -0.15) is 0 Å². The van der Waals surface area contributed by atoms with Crippen molar-refractivity contribution in [3.05, 3.63) is 85.1 Å². The highest BCUT2D eigenvalue weighted by Gasteiger charge is 2.53. The molecular formula is C62H105NO18. The summed E-state index contributed by atoms with van der Waals surface area (Å²) in [6, 6.07) is -0.991. The molecule has 3 fully saturated rings. The molecule has 0 bridgehead atoms. The van der Waals surface area contributed by atoms with Crippen molar-refractivity contribution in [2.24, 2.45) is 0 Å². The number of rotatable bonds is 43. The van der Waals surface area contributed by atoms with Crippen molar-refractivity contribution in [1.82, 2.24) is 5.32 Å². The number of nitrogens with one attached hydrogen (secondary N) is 1. The van der Waals surface area contributed by atoms with Crippen molar-refractivity contribution in [3.63, 3.8) is 0 Å². The zero-order valence-electron chi connectivity index (χ0n) is 48.5. The lowest BCUT2D eigenvalue weighted by Crippen LogP contribution is -2.66. The number of hydrogen-bond acceptors (Lipinski definition) is 18. The second-order valence-electron chi connectivity index (χ2n) is 21.4. The summed E-state index contributed by atoms with van der Waals surface area (Å²) in [6.07, 6.45) is 27.7. The van der Waals surface area contributed by atoms with Crippen molar-refractivity contribution >= 4 is 5.91 Å². The van der Waals surface area contributed by atoms with Crippen LogP contribution in [0.15, 0.2) is 85.1 Å². The monoisotopic (exact) mass is 1150 g/mol. The van der Waals surface area contributed by atoms with Crippen LogP contribution in [0.2, 0.25) is 0 Å². The normalized spacial score (nSPS) is 30.4. The van der Waals surface area contributed by atoms with Gasteiger partial charge in [0.05, 0.1) is 38.6 Å². The Morgan fingerprint density at radius 1 is 0.457 bits per heavy atom. The van der Waals surface area contributed by atoms with E-state index in [-0.39, 0.29) is 18.9 Å². The maximum absolute atomic E-state index is 13.3. The second-order valence-corrected chi connectivity index (χ2v) is 21.4. The fourth-order valence-corrected chi connectivity index (χ4v) is 9.71. The van der Waals surface area contributed by atoms with Crippen LogP contribution in [0.1, 0.15) is 168 Å². The molecule has 0 radical (unpaired) electrons. The number of carbonyl (C=O) groups is 1. The SMILES string of the molecule is CC/C=C\C/C=C\C/C=C\C/C=C\C/C=C\CCCCCCCCCCCCCCCC(=O)NC(COC1OC(CO)C(OC2OC(CO)C(OC3OC(CO)C(O)C(O)C3O)C(O)C2O)C(O)C1O)C(O)/C=C/CC/C=C/CCC. The van der Waals surface area contributed by atoms with E-state index in [4.69, 9.17) is 28.4 Å². The van der Waals surface area contributed by atoms with Crippen LogP contribution in [-0.4, -0.2) is 193 Å². The van der Waals surface area contributed by atoms with Crippen LogP contribution in [0.25, 0.3) is 0 Å². The molecule has 19 nitrogen and oxygen atoms in total. The van der Waals surface area contributed by atoms with Gasteiger partial charge in [-0.3, -0.25) is 4.79 Å². The predicted octanol–water partition coefficient (Wildman–Crippen LogP) is 5.59. The molecule has 0 aromatic rings. The van der Waals surface area contributed by atoms with Gasteiger partial charge in [0.2, 0.25) is 5.91 Å². The van der Waals surface area contributed by atoms with Gasteiger partial charge < -0.3 is 89.9 Å². The molecule has 3 rings (SSSR count). The maximum atomic E-state index is 13.3. The Bertz CT molecular complexity index is 1810. The topological polar surface area (TPSA) is 307 Å². The minimum atomic E-state index is -1.98. The van der Waals surface area contributed by atoms with Crippen LogP contribution < -0.4 is 5.32 Å². The van der Waals surface area contributed by atoms with E-state index < -0.39 is 124 Å². The first kappa shape index (κ1) is 72.2. The molecule has 0 saturated carbocycles. The molecule has 0 spiro atoms. The van der Waals surface area contributed by atoms with E-state index in [9.17, 15) is 61.0 Å². The van der Waals surface area contributed by atoms with Crippen molar-refractivity contribution < 1.29 is 89.4 Å². The molecule has 3 heterocycles. The van der Waals surface area contributed by atoms with E-state index in [1.807, 2.05) is 0 Å². The number of carbonyl (C=O) groups excluding carboxylic acids is 1. The molecule has 0 aromatic carbocycles. The van der Waals surface area contributed by atoms with Crippen LogP contribution in [-0.2, 0) is 33.2 Å². The van der Waals surface area contributed by atoms with Crippen LogP contribution in [0.5, 0.6) is 0 Å². The first-order valence-electron chi connectivity index (χ1n) is 30.3. The summed E-state index contributed by atoms with van der Waals surface area (Å²) < 4.78 is 34.1. The summed E-state index contributed by atoms with van der Waals surface area (Å²) >= 11 is 0. The van der Waals surface area contributed by atoms with Gasteiger partial charge in [0.15, 0.2) is 18.9 Å². The third-order valence-electron chi connectivity index (χ3n) is 14.7. The van der Waals surface area contributed by atoms with Crippen molar-refractivity contribution in [2.75, 3.05) is 26.4 Å². The van der Waals surface area contributed by atoms with E-state index in [1.54, 1.807) is 12.2 Å². The van der Waals surface area contributed by atoms with Gasteiger partial charge in [0, 0.05) is 6.42 Å². The molecule has 0 aromatic heterocycles. The van der Waals surface area contributed by atoms with Gasteiger partial charge in [-0.25, -0.2) is 0 Å². The molecular weight excluding hydrogens is 1050 g/mol. The highest BCUT2D eigenvalue weighted by molar-refractivity contribution is 5.76. The Balaban J connectivity index is 1.37. The lowest BCUT2D eigenvalue weighted by atomic mass is 9.96. The molecule has 81 heavy (non-hydrogen) atoms. The zero-order valence-corrected chi connectivity index (χ0v) is 48.5. The van der Waals surface area contributed by atoms with Crippen molar-refractivity contribution in [3.8, 4) is 0 Å². The minimum absolute atomic E-state index is 0.228. The third-order valence-corrected chi connectivity index (χ3v) is 14.7. The molecule has 3 saturated heterocycles. The molecule has 12 N–H and O–H groups in total. The minimum Gasteiger partial charge on any atom is -0.394 e. The number of aliphatic hydroxyl groups is 11. The fourth-order valence-electron chi connectivity index (χ4n) is 9.71. The smallest absolute Gasteiger partial charge is 0.220 e. The summed E-state index contributed by atoms with van der Waals surface area (Å²) in [7, 11) is 0. The predicted molar refractivity (Wildman–Crippen MR) is 309 cm³/mol. The molecule has 1 amide bonds. The van der Waals surface area contributed by atoms with Crippen LogP contribution in [0.3, 0.4) is 0 Å². The first-order chi connectivity index (χ1) is 39.3. The largest absolute Gasteiger partial charge is 0.394 e. The van der Waals surface area contributed by atoms with Crippen LogP contribution >= 0.6 is 0 Å². The van der Waals surface area contributed by atoms with E-state index in [2.05, 4.69) is 92.1 Å². The van der Waals surface area contributed by atoms with Gasteiger partial charge in [-0.1, -0.05) is 176 Å². The van der Waals surface area contributed by atoms with Gasteiger partial charge in [0.1, 0.15) is 73.2 Å². The average Bonchev–Trinajstić information content (AvgIpc) is 3.48. The molecule has 466 valence electrons. The summed E-state index contributed by atoms with van der Waals surface area (Å²) in [4.78, 5) is 13.3. The number of amides is 1. The first-order valence-corrected chi connectivity index (χ1v) is 30.3. The molecule has 3 aliphatic heterocycles. The number of unbranched alkanes of at least 4 members (excludes halogenated alkanes) is 15. The lowest BCUT2D eigenvalue weighted by Gasteiger charge is -2.48. The Morgan fingerprint density at radius 2 is 0.864 bits per heavy atom. The molecule has 0 aliphatic carbocycles. The Labute approximate surface area is 482 Å².